The molecular weight excluding hydrogens is 343 g/mol. The van der Waals surface area contributed by atoms with E-state index in [0.29, 0.717) is 0 Å². The molecule has 1 rings (SSSR count). The first-order valence-electron chi connectivity index (χ1n) is 8.41. The molecule has 0 aliphatic carbocycles. The second kappa shape index (κ2) is 15.1. The van der Waals surface area contributed by atoms with Gasteiger partial charge in [-0.25, -0.2) is 0 Å². The summed E-state index contributed by atoms with van der Waals surface area (Å²) in [5, 5.41) is 0. The minimum absolute atomic E-state index is 0. The molecule has 1 aliphatic rings. The fourth-order valence-corrected chi connectivity index (χ4v) is 9.17. The maximum atomic E-state index is 5.96. The van der Waals surface area contributed by atoms with Gasteiger partial charge in [-0.15, -0.1) is 0 Å². The van der Waals surface area contributed by atoms with Crippen molar-refractivity contribution >= 4 is 20.2 Å². The second-order valence-electron chi connectivity index (χ2n) is 5.78. The average molecular weight is 378 g/mol. The molecular formula is C16H35O2Sn. The Morgan fingerprint density at radius 1 is 0.789 bits per heavy atom. The molecule has 0 unspecified atom stereocenters. The topological polar surface area (TPSA) is 40.7 Å². The third-order valence-corrected chi connectivity index (χ3v) is 10.9. The van der Waals surface area contributed by atoms with Gasteiger partial charge in [0.05, 0.1) is 0 Å². The minimum Gasteiger partial charge on any atom is -0.412 e. The fourth-order valence-electron chi connectivity index (χ4n) is 2.72. The van der Waals surface area contributed by atoms with Crippen LogP contribution in [0.5, 0.6) is 0 Å². The normalized spacial score (nSPS) is 16.3. The van der Waals surface area contributed by atoms with Gasteiger partial charge in [0.25, 0.3) is 0 Å². The predicted molar refractivity (Wildman–Crippen MR) is 86.0 cm³/mol. The molecule has 1 aliphatic heterocycles. The van der Waals surface area contributed by atoms with E-state index in [2.05, 4.69) is 6.92 Å². The maximum absolute atomic E-state index is 5.96. The predicted octanol–water partition coefficient (Wildman–Crippen LogP) is 4.88. The van der Waals surface area contributed by atoms with Gasteiger partial charge in [-0.1, -0.05) is 0 Å². The summed E-state index contributed by atoms with van der Waals surface area (Å²) >= 11 is -1.25. The van der Waals surface area contributed by atoms with Crippen molar-refractivity contribution in [2.45, 2.75) is 92.8 Å². The zero-order valence-electron chi connectivity index (χ0n) is 13.0. The van der Waals surface area contributed by atoms with Crippen molar-refractivity contribution in [3.8, 4) is 0 Å². The molecule has 0 spiro atoms. The summed E-state index contributed by atoms with van der Waals surface area (Å²) in [6.07, 6.45) is 17.4. The first kappa shape index (κ1) is 19.7. The van der Waals surface area contributed by atoms with Crippen molar-refractivity contribution in [3.05, 3.63) is 0 Å². The molecule has 0 aromatic rings. The van der Waals surface area contributed by atoms with Gasteiger partial charge in [0.2, 0.25) is 0 Å². The van der Waals surface area contributed by atoms with Crippen molar-refractivity contribution in [2.24, 2.45) is 0 Å². The monoisotopic (exact) mass is 379 g/mol. The van der Waals surface area contributed by atoms with Crippen molar-refractivity contribution in [1.82, 2.24) is 0 Å². The molecule has 2 nitrogen and oxygen atoms in total. The van der Waals surface area contributed by atoms with Crippen LogP contribution in [0.15, 0.2) is 0 Å². The average Bonchev–Trinajstić information content (AvgIpc) is 2.42. The molecule has 0 aromatic heterocycles. The van der Waals surface area contributed by atoms with E-state index in [1.807, 2.05) is 0 Å². The molecule has 1 saturated heterocycles. The van der Waals surface area contributed by atoms with Crippen LogP contribution in [-0.4, -0.2) is 32.3 Å². The zero-order chi connectivity index (χ0) is 12.9. The molecule has 0 aromatic carbocycles. The van der Waals surface area contributed by atoms with Gasteiger partial charge in [0, 0.05) is 0 Å². The first-order chi connectivity index (χ1) is 8.93. The Morgan fingerprint density at radius 2 is 1.37 bits per heavy atom. The SMILES string of the molecule is CCCCCCCCCCC[CH2][Sn]1[CH2]CCC[O]1.O. The molecule has 1 radical (unpaired) electrons. The number of rotatable bonds is 11. The summed E-state index contributed by atoms with van der Waals surface area (Å²) in [6.45, 7) is 3.40. The number of hydrogen-bond donors (Lipinski definition) is 0. The quantitative estimate of drug-likeness (QED) is 0.373. The van der Waals surface area contributed by atoms with Gasteiger partial charge in [0.1, 0.15) is 0 Å². The van der Waals surface area contributed by atoms with Gasteiger partial charge < -0.3 is 5.48 Å². The summed E-state index contributed by atoms with van der Waals surface area (Å²) in [5.41, 5.74) is 0. The van der Waals surface area contributed by atoms with Crippen LogP contribution in [0.1, 0.15) is 84.0 Å². The van der Waals surface area contributed by atoms with E-state index in [1.165, 1.54) is 85.9 Å². The summed E-state index contributed by atoms with van der Waals surface area (Å²) in [7, 11) is 0. The minimum atomic E-state index is -1.25. The van der Waals surface area contributed by atoms with E-state index in [1.54, 1.807) is 0 Å². The van der Waals surface area contributed by atoms with Crippen LogP contribution in [0, 0.1) is 0 Å². The van der Waals surface area contributed by atoms with Crippen LogP contribution in [0.2, 0.25) is 8.87 Å². The molecule has 0 saturated carbocycles. The van der Waals surface area contributed by atoms with E-state index < -0.39 is 20.2 Å². The van der Waals surface area contributed by atoms with E-state index in [9.17, 15) is 0 Å². The Bertz CT molecular complexity index is 170. The van der Waals surface area contributed by atoms with Gasteiger partial charge in [-0.3, -0.25) is 0 Å². The Balaban J connectivity index is 0.00000324. The van der Waals surface area contributed by atoms with Crippen LogP contribution in [0.3, 0.4) is 0 Å². The van der Waals surface area contributed by atoms with Crippen molar-refractivity contribution in [3.63, 3.8) is 0 Å². The second-order valence-corrected chi connectivity index (χ2v) is 12.5. The van der Waals surface area contributed by atoms with Crippen molar-refractivity contribution in [1.29, 1.82) is 0 Å². The van der Waals surface area contributed by atoms with E-state index >= 15 is 0 Å². The smallest absolute Gasteiger partial charge is 0.412 e. The van der Waals surface area contributed by atoms with Crippen LogP contribution in [0.4, 0.5) is 0 Å². The third kappa shape index (κ3) is 12.2. The van der Waals surface area contributed by atoms with Gasteiger partial charge in [0.15, 0.2) is 0 Å². The molecule has 3 heteroatoms. The fraction of sp³-hybridized carbons (Fsp3) is 1.00. The van der Waals surface area contributed by atoms with E-state index in [0.717, 1.165) is 6.61 Å². The van der Waals surface area contributed by atoms with E-state index in [4.69, 9.17) is 3.07 Å². The van der Waals surface area contributed by atoms with Crippen LogP contribution < -0.4 is 0 Å². The van der Waals surface area contributed by atoms with Crippen LogP contribution in [-0.2, 0) is 3.07 Å². The third-order valence-electron chi connectivity index (χ3n) is 3.97. The maximum Gasteiger partial charge on any atom is -0.412 e. The summed E-state index contributed by atoms with van der Waals surface area (Å²) in [4.78, 5) is 0. The van der Waals surface area contributed by atoms with Crippen molar-refractivity contribution in [2.75, 3.05) is 6.61 Å². The zero-order valence-corrected chi connectivity index (χ0v) is 15.9. The summed E-state index contributed by atoms with van der Waals surface area (Å²) in [6, 6.07) is 0. The Hall–Kier alpha value is 0.719. The summed E-state index contributed by atoms with van der Waals surface area (Å²) in [5.74, 6) is 0. The van der Waals surface area contributed by atoms with Crippen LogP contribution in [0.25, 0.3) is 0 Å². The molecule has 115 valence electrons. The standard InChI is InChI=1S/C12H25.C4H8O.H2O.Sn/c1-3-5-7-9-11-12-10-8-6-4-2;1-2-3-4-5;;/h1,3-12H2,2H3;1-4H2;1H2;/q;-1;;+1. The summed E-state index contributed by atoms with van der Waals surface area (Å²) < 4.78 is 8.98. The molecule has 19 heavy (non-hydrogen) atoms. The van der Waals surface area contributed by atoms with Gasteiger partial charge in [-0.05, 0) is 0 Å². The largest absolute Gasteiger partial charge is 0.412 e. The van der Waals surface area contributed by atoms with Crippen LogP contribution >= 0.6 is 0 Å². The Labute approximate surface area is 128 Å². The van der Waals surface area contributed by atoms with Gasteiger partial charge in [-0.2, -0.15) is 0 Å². The number of unbranched alkanes of at least 4 members (excludes halogenated alkanes) is 9. The molecule has 0 amide bonds. The molecule has 0 atom stereocenters. The molecule has 0 bridgehead atoms. The molecule has 1 fully saturated rings. The Morgan fingerprint density at radius 3 is 1.89 bits per heavy atom. The van der Waals surface area contributed by atoms with Crippen molar-refractivity contribution < 1.29 is 8.55 Å². The van der Waals surface area contributed by atoms with Gasteiger partial charge >= 0.3 is 123 Å². The Kier molecular flexibility index (Phi) is 15.7. The molecule has 2 N–H and O–H groups in total. The van der Waals surface area contributed by atoms with E-state index in [-0.39, 0.29) is 5.48 Å². The molecule has 1 heterocycles. The first-order valence-corrected chi connectivity index (χ1v) is 13.6. The number of hydrogen-bond acceptors (Lipinski definition) is 1.